The molecule has 114 valence electrons. The van der Waals surface area contributed by atoms with Crippen molar-refractivity contribution in [3.05, 3.63) is 29.6 Å². The minimum absolute atomic E-state index is 0.240. The zero-order valence-electron chi connectivity index (χ0n) is 12.3. The van der Waals surface area contributed by atoms with Crippen molar-refractivity contribution in [2.45, 2.75) is 38.1 Å². The fraction of sp³-hybridized carbons (Fsp3) is 0.571. The zero-order valence-corrected chi connectivity index (χ0v) is 13.1. The number of halogens is 1. The maximum atomic E-state index is 14.1. The van der Waals surface area contributed by atoms with Gasteiger partial charge in [0.25, 0.3) is 0 Å². The average molecular weight is 302 g/mol. The lowest BCUT2D eigenvalue weighted by Gasteiger charge is -2.20. The van der Waals surface area contributed by atoms with Crippen LogP contribution >= 0.6 is 0 Å². The molecular formula is C14H23FN2O2S. The Morgan fingerprint density at radius 1 is 1.30 bits per heavy atom. The molecular weight excluding hydrogens is 279 g/mol. The lowest BCUT2D eigenvalue weighted by molar-refractivity contribution is 0.415. The molecule has 0 aliphatic rings. The predicted octanol–water partition coefficient (Wildman–Crippen LogP) is 2.36. The molecule has 0 fully saturated rings. The molecule has 0 saturated heterocycles. The first-order valence-corrected chi connectivity index (χ1v) is 8.34. The highest BCUT2D eigenvalue weighted by molar-refractivity contribution is 7.89. The van der Waals surface area contributed by atoms with Crippen LogP contribution in [0.4, 0.5) is 4.39 Å². The summed E-state index contributed by atoms with van der Waals surface area (Å²) in [5, 5.41) is 2.90. The van der Waals surface area contributed by atoms with E-state index in [-0.39, 0.29) is 4.90 Å². The number of sulfonamides is 1. The minimum atomic E-state index is -3.75. The summed E-state index contributed by atoms with van der Waals surface area (Å²) in [4.78, 5) is -0.240. The monoisotopic (exact) mass is 302 g/mol. The van der Waals surface area contributed by atoms with Crippen molar-refractivity contribution in [2.75, 3.05) is 20.1 Å². The van der Waals surface area contributed by atoms with E-state index in [9.17, 15) is 12.8 Å². The topological polar surface area (TPSA) is 49.4 Å². The second-order valence-electron chi connectivity index (χ2n) is 4.65. The van der Waals surface area contributed by atoms with Crippen molar-refractivity contribution in [3.8, 4) is 0 Å². The van der Waals surface area contributed by atoms with Gasteiger partial charge in [0.2, 0.25) is 10.0 Å². The first-order chi connectivity index (χ1) is 9.47. The summed E-state index contributed by atoms with van der Waals surface area (Å²) in [6.45, 7) is 5.03. The standard InChI is InChI=1S/C14H23FN2O2S/c1-4-6-9-17(5-2)20(18,19)14-8-7-12(11-16-3)10-13(14)15/h7-8,10,16H,4-6,9,11H2,1-3H3. The smallest absolute Gasteiger partial charge is 0.245 e. The van der Waals surface area contributed by atoms with E-state index in [0.29, 0.717) is 19.6 Å². The van der Waals surface area contributed by atoms with Crippen molar-refractivity contribution < 1.29 is 12.8 Å². The van der Waals surface area contributed by atoms with Crippen molar-refractivity contribution in [3.63, 3.8) is 0 Å². The van der Waals surface area contributed by atoms with Gasteiger partial charge in [-0.3, -0.25) is 0 Å². The van der Waals surface area contributed by atoms with E-state index >= 15 is 0 Å². The summed E-state index contributed by atoms with van der Waals surface area (Å²) < 4.78 is 40.2. The molecule has 0 aliphatic carbocycles. The largest absolute Gasteiger partial charge is 0.316 e. The Bertz CT molecular complexity index is 532. The van der Waals surface area contributed by atoms with E-state index in [1.165, 1.54) is 16.4 Å². The third-order valence-electron chi connectivity index (χ3n) is 3.11. The molecule has 1 N–H and O–H groups in total. The van der Waals surface area contributed by atoms with Crippen LogP contribution in [0.2, 0.25) is 0 Å². The van der Waals surface area contributed by atoms with Gasteiger partial charge in [0, 0.05) is 19.6 Å². The van der Waals surface area contributed by atoms with E-state index in [0.717, 1.165) is 18.4 Å². The average Bonchev–Trinajstić information content (AvgIpc) is 2.39. The number of hydrogen-bond donors (Lipinski definition) is 1. The second-order valence-corrected chi connectivity index (χ2v) is 6.55. The molecule has 4 nitrogen and oxygen atoms in total. The lowest BCUT2D eigenvalue weighted by atomic mass is 10.2. The molecule has 0 aliphatic heterocycles. The molecule has 0 spiro atoms. The second kappa shape index (κ2) is 7.71. The first-order valence-electron chi connectivity index (χ1n) is 6.90. The maximum Gasteiger partial charge on any atom is 0.245 e. The Kier molecular flexibility index (Phi) is 6.58. The number of benzene rings is 1. The van der Waals surface area contributed by atoms with E-state index < -0.39 is 15.8 Å². The third-order valence-corrected chi connectivity index (χ3v) is 5.12. The van der Waals surface area contributed by atoms with Gasteiger partial charge in [-0.15, -0.1) is 0 Å². The molecule has 6 heteroatoms. The summed E-state index contributed by atoms with van der Waals surface area (Å²) in [6.07, 6.45) is 1.67. The normalized spacial score (nSPS) is 12.1. The highest BCUT2D eigenvalue weighted by Gasteiger charge is 2.25. The highest BCUT2D eigenvalue weighted by Crippen LogP contribution is 2.21. The number of unbranched alkanes of at least 4 members (excludes halogenated alkanes) is 1. The van der Waals surface area contributed by atoms with Crippen LogP contribution in [0.15, 0.2) is 23.1 Å². The first kappa shape index (κ1) is 17.1. The molecule has 0 heterocycles. The summed E-state index contributed by atoms with van der Waals surface area (Å²) in [7, 11) is -1.99. The number of nitrogens with zero attached hydrogens (tertiary/aromatic N) is 1. The molecule has 20 heavy (non-hydrogen) atoms. The summed E-state index contributed by atoms with van der Waals surface area (Å²) >= 11 is 0. The van der Waals surface area contributed by atoms with Crippen LogP contribution in [0, 0.1) is 5.82 Å². The van der Waals surface area contributed by atoms with Gasteiger partial charge in [0.15, 0.2) is 0 Å². The molecule has 0 radical (unpaired) electrons. The lowest BCUT2D eigenvalue weighted by Crippen LogP contribution is -2.32. The van der Waals surface area contributed by atoms with Crippen LogP contribution in [0.3, 0.4) is 0 Å². The fourth-order valence-electron chi connectivity index (χ4n) is 1.99. The Morgan fingerprint density at radius 2 is 2.00 bits per heavy atom. The molecule has 0 bridgehead atoms. The molecule has 0 saturated carbocycles. The molecule has 1 aromatic rings. The quantitative estimate of drug-likeness (QED) is 0.802. The number of rotatable bonds is 8. The summed E-state index contributed by atoms with van der Waals surface area (Å²) in [6, 6.07) is 4.27. The SMILES string of the molecule is CCCCN(CC)S(=O)(=O)c1ccc(CNC)cc1F. The zero-order chi connectivity index (χ0) is 15.2. The highest BCUT2D eigenvalue weighted by atomic mass is 32.2. The molecule has 0 aromatic heterocycles. The molecule has 0 atom stereocenters. The Morgan fingerprint density at radius 3 is 2.50 bits per heavy atom. The van der Waals surface area contributed by atoms with Crippen LogP contribution in [-0.2, 0) is 16.6 Å². The van der Waals surface area contributed by atoms with Crippen LogP contribution in [0.25, 0.3) is 0 Å². The maximum absolute atomic E-state index is 14.1. The van der Waals surface area contributed by atoms with E-state index in [1.807, 2.05) is 6.92 Å². The van der Waals surface area contributed by atoms with Gasteiger partial charge in [-0.25, -0.2) is 12.8 Å². The summed E-state index contributed by atoms with van der Waals surface area (Å²) in [5.41, 5.74) is 0.723. The Balaban J connectivity index is 3.07. The number of nitrogens with one attached hydrogen (secondary N) is 1. The van der Waals surface area contributed by atoms with E-state index in [2.05, 4.69) is 5.32 Å². The third kappa shape index (κ3) is 4.01. The number of hydrogen-bond acceptors (Lipinski definition) is 3. The van der Waals surface area contributed by atoms with Gasteiger partial charge in [-0.1, -0.05) is 26.3 Å². The van der Waals surface area contributed by atoms with Gasteiger partial charge < -0.3 is 5.32 Å². The van der Waals surface area contributed by atoms with Crippen molar-refractivity contribution in [2.24, 2.45) is 0 Å². The molecule has 0 amide bonds. The summed E-state index contributed by atoms with van der Waals surface area (Å²) in [5.74, 6) is -0.687. The van der Waals surface area contributed by atoms with Gasteiger partial charge >= 0.3 is 0 Å². The molecule has 0 unspecified atom stereocenters. The Hall–Kier alpha value is -0.980. The van der Waals surface area contributed by atoms with Crippen molar-refractivity contribution >= 4 is 10.0 Å². The van der Waals surface area contributed by atoms with Gasteiger partial charge in [-0.2, -0.15) is 4.31 Å². The Labute approximate surface area is 121 Å². The molecule has 1 aromatic carbocycles. The minimum Gasteiger partial charge on any atom is -0.316 e. The fourth-order valence-corrected chi connectivity index (χ4v) is 3.52. The van der Waals surface area contributed by atoms with Crippen LogP contribution < -0.4 is 5.32 Å². The van der Waals surface area contributed by atoms with E-state index in [4.69, 9.17) is 0 Å². The van der Waals surface area contributed by atoms with Crippen LogP contribution in [-0.4, -0.2) is 32.9 Å². The van der Waals surface area contributed by atoms with Crippen molar-refractivity contribution in [1.82, 2.24) is 9.62 Å². The van der Waals surface area contributed by atoms with Crippen LogP contribution in [0.1, 0.15) is 32.3 Å². The van der Waals surface area contributed by atoms with Crippen LogP contribution in [0.5, 0.6) is 0 Å². The molecule has 1 rings (SSSR count). The van der Waals surface area contributed by atoms with Gasteiger partial charge in [-0.05, 0) is 31.2 Å². The predicted molar refractivity (Wildman–Crippen MR) is 78.5 cm³/mol. The van der Waals surface area contributed by atoms with Crippen molar-refractivity contribution in [1.29, 1.82) is 0 Å². The van der Waals surface area contributed by atoms with E-state index in [1.54, 1.807) is 20.0 Å². The van der Waals surface area contributed by atoms with Gasteiger partial charge in [0.05, 0.1) is 0 Å². The van der Waals surface area contributed by atoms with Gasteiger partial charge in [0.1, 0.15) is 10.7 Å².